The second-order valence-electron chi connectivity index (χ2n) is 3.25. The molecule has 0 N–H and O–H groups in total. The van der Waals surface area contributed by atoms with E-state index in [4.69, 9.17) is 4.74 Å². The molecule has 0 aromatic heterocycles. The van der Waals surface area contributed by atoms with Crippen LogP contribution >= 0.6 is 0 Å². The maximum absolute atomic E-state index is 11.4. The average molecular weight is 210 g/mol. The van der Waals surface area contributed by atoms with E-state index in [1.165, 1.54) is 6.92 Å². The third-order valence-electron chi connectivity index (χ3n) is 2.19. The third-order valence-corrected chi connectivity index (χ3v) is 2.19. The molecule has 3 nitrogen and oxygen atoms in total. The third kappa shape index (κ3) is 4.61. The number of Topliss-reactive ketones (excluding diaryl/α,β-unsaturated/α-hetero) is 1. The summed E-state index contributed by atoms with van der Waals surface area (Å²) in [5.74, 6) is -1.32. The highest BCUT2D eigenvalue weighted by Gasteiger charge is 2.25. The Labute approximate surface area is 90.8 Å². The Morgan fingerprint density at radius 2 is 2.00 bits per heavy atom. The van der Waals surface area contributed by atoms with E-state index >= 15 is 0 Å². The van der Waals surface area contributed by atoms with Crippen LogP contribution in [0.4, 0.5) is 0 Å². The van der Waals surface area contributed by atoms with Crippen molar-refractivity contribution in [1.29, 1.82) is 0 Å². The molecule has 0 aliphatic rings. The summed E-state index contributed by atoms with van der Waals surface area (Å²) in [6.45, 7) is 8.88. The van der Waals surface area contributed by atoms with Gasteiger partial charge in [0.15, 0.2) is 0 Å². The topological polar surface area (TPSA) is 43.4 Å². The molecule has 0 aliphatic carbocycles. The van der Waals surface area contributed by atoms with Crippen LogP contribution in [0.25, 0.3) is 0 Å². The van der Waals surface area contributed by atoms with E-state index < -0.39 is 11.9 Å². The monoisotopic (exact) mass is 210 g/mol. The molecule has 0 saturated heterocycles. The summed E-state index contributed by atoms with van der Waals surface area (Å²) in [5.41, 5.74) is 3.62. The van der Waals surface area contributed by atoms with Crippen molar-refractivity contribution in [2.24, 2.45) is 5.92 Å². The zero-order valence-corrected chi connectivity index (χ0v) is 9.63. The quantitative estimate of drug-likeness (QED) is 0.383. The van der Waals surface area contributed by atoms with Gasteiger partial charge in [0.2, 0.25) is 0 Å². The highest BCUT2D eigenvalue weighted by molar-refractivity contribution is 5.97. The molecule has 3 heteroatoms. The van der Waals surface area contributed by atoms with Crippen molar-refractivity contribution in [2.75, 3.05) is 6.61 Å². The van der Waals surface area contributed by atoms with Crippen LogP contribution in [-0.4, -0.2) is 18.4 Å². The first-order chi connectivity index (χ1) is 7.06. The maximum atomic E-state index is 11.4. The predicted octanol–water partition coefficient (Wildman–Crippen LogP) is 2.27. The first kappa shape index (κ1) is 13.7. The minimum Gasteiger partial charge on any atom is -0.465 e. The lowest BCUT2D eigenvalue weighted by molar-refractivity contribution is -0.151. The molecule has 1 unspecified atom stereocenters. The molecule has 1 atom stereocenters. The molecule has 0 saturated carbocycles. The highest BCUT2D eigenvalue weighted by atomic mass is 16.5. The fraction of sp³-hybridized carbons (Fsp3) is 0.583. The lowest BCUT2D eigenvalue weighted by Crippen LogP contribution is -2.24. The van der Waals surface area contributed by atoms with Crippen LogP contribution in [0.15, 0.2) is 17.9 Å². The Hall–Kier alpha value is -1.34. The number of carbonyl (C=O) groups is 2. The number of hydrogen-bond acceptors (Lipinski definition) is 3. The summed E-state index contributed by atoms with van der Waals surface area (Å²) in [5, 5.41) is 0. The van der Waals surface area contributed by atoms with Gasteiger partial charge in [-0.2, -0.15) is 0 Å². The Bertz CT molecular complexity index is 285. The van der Waals surface area contributed by atoms with Gasteiger partial charge in [0, 0.05) is 0 Å². The van der Waals surface area contributed by atoms with Crippen LogP contribution in [0.5, 0.6) is 0 Å². The van der Waals surface area contributed by atoms with E-state index in [0.29, 0.717) is 13.0 Å². The maximum Gasteiger partial charge on any atom is 0.316 e. The normalized spacial score (nSPS) is 11.4. The molecule has 0 aromatic rings. The Morgan fingerprint density at radius 3 is 2.33 bits per heavy atom. The van der Waals surface area contributed by atoms with Gasteiger partial charge in [-0.25, -0.2) is 0 Å². The fourth-order valence-corrected chi connectivity index (χ4v) is 1.22. The van der Waals surface area contributed by atoms with Gasteiger partial charge in [0.05, 0.1) is 6.61 Å². The van der Waals surface area contributed by atoms with Crippen LogP contribution in [0.1, 0.15) is 33.6 Å². The second-order valence-corrected chi connectivity index (χ2v) is 3.25. The number of carbonyl (C=O) groups excluding carboxylic acids is 2. The SMILES string of the molecule is C=C=C(CC)CC(C(C)=O)C(=O)OCC. The van der Waals surface area contributed by atoms with Gasteiger partial charge in [0.1, 0.15) is 11.7 Å². The molecule has 0 heterocycles. The Balaban J connectivity index is 4.61. The van der Waals surface area contributed by atoms with Crippen molar-refractivity contribution < 1.29 is 14.3 Å². The molecule has 15 heavy (non-hydrogen) atoms. The van der Waals surface area contributed by atoms with Gasteiger partial charge >= 0.3 is 5.97 Å². The molecular weight excluding hydrogens is 192 g/mol. The summed E-state index contributed by atoms with van der Waals surface area (Å²) in [4.78, 5) is 22.7. The minimum atomic E-state index is -0.700. The van der Waals surface area contributed by atoms with Crippen molar-refractivity contribution in [2.45, 2.75) is 33.6 Å². The largest absolute Gasteiger partial charge is 0.465 e. The van der Waals surface area contributed by atoms with E-state index in [1.54, 1.807) is 6.92 Å². The molecule has 84 valence electrons. The summed E-state index contributed by atoms with van der Waals surface area (Å²) in [6, 6.07) is 0. The number of allylic oxidation sites excluding steroid dienone is 1. The molecule has 0 aliphatic heterocycles. The van der Waals surface area contributed by atoms with Gasteiger partial charge in [-0.05, 0) is 32.3 Å². The van der Waals surface area contributed by atoms with Crippen molar-refractivity contribution in [1.82, 2.24) is 0 Å². The van der Waals surface area contributed by atoms with Gasteiger partial charge in [0.25, 0.3) is 0 Å². The van der Waals surface area contributed by atoms with Crippen molar-refractivity contribution in [3.63, 3.8) is 0 Å². The predicted molar refractivity (Wildman–Crippen MR) is 58.4 cm³/mol. The minimum absolute atomic E-state index is 0.172. The lowest BCUT2D eigenvalue weighted by Gasteiger charge is -2.12. The molecular formula is C12H18O3. The van der Waals surface area contributed by atoms with E-state index in [2.05, 4.69) is 12.3 Å². The summed E-state index contributed by atoms with van der Waals surface area (Å²) < 4.78 is 4.83. The summed E-state index contributed by atoms with van der Waals surface area (Å²) >= 11 is 0. The first-order valence-electron chi connectivity index (χ1n) is 5.11. The summed E-state index contributed by atoms with van der Waals surface area (Å²) in [6.07, 6.45) is 1.11. The van der Waals surface area contributed by atoms with Gasteiger partial charge < -0.3 is 4.74 Å². The molecule has 0 aromatic carbocycles. The van der Waals surface area contributed by atoms with Crippen molar-refractivity contribution in [3.8, 4) is 0 Å². The average Bonchev–Trinajstić information content (AvgIpc) is 2.19. The highest BCUT2D eigenvalue weighted by Crippen LogP contribution is 2.16. The van der Waals surface area contributed by atoms with Crippen LogP contribution in [0.3, 0.4) is 0 Å². The van der Waals surface area contributed by atoms with E-state index in [0.717, 1.165) is 12.0 Å². The molecule has 0 amide bonds. The fourth-order valence-electron chi connectivity index (χ4n) is 1.22. The Kier molecular flexibility index (Phi) is 6.39. The van der Waals surface area contributed by atoms with Gasteiger partial charge in [-0.15, -0.1) is 5.73 Å². The Morgan fingerprint density at radius 1 is 1.40 bits per heavy atom. The second kappa shape index (κ2) is 7.02. The number of ether oxygens (including phenoxy) is 1. The van der Waals surface area contributed by atoms with Gasteiger partial charge in [-0.1, -0.05) is 13.5 Å². The van der Waals surface area contributed by atoms with Crippen molar-refractivity contribution >= 4 is 11.8 Å². The zero-order chi connectivity index (χ0) is 11.8. The van der Waals surface area contributed by atoms with E-state index in [-0.39, 0.29) is 5.78 Å². The number of rotatable bonds is 6. The standard InChI is InChI=1S/C12H18O3/c1-5-10(6-2)8-11(9(4)13)12(14)15-7-3/h11H,1,6-8H2,2-4H3. The lowest BCUT2D eigenvalue weighted by atomic mass is 9.95. The molecule has 0 spiro atoms. The number of hydrogen-bond donors (Lipinski definition) is 0. The molecule has 0 rings (SSSR count). The molecule has 0 fully saturated rings. The number of esters is 1. The summed E-state index contributed by atoms with van der Waals surface area (Å²) in [7, 11) is 0. The zero-order valence-electron chi connectivity index (χ0n) is 9.63. The van der Waals surface area contributed by atoms with Gasteiger partial charge in [-0.3, -0.25) is 9.59 Å². The van der Waals surface area contributed by atoms with Crippen molar-refractivity contribution in [3.05, 3.63) is 17.9 Å². The molecule has 0 bridgehead atoms. The first-order valence-corrected chi connectivity index (χ1v) is 5.11. The number of ketones is 1. The smallest absolute Gasteiger partial charge is 0.316 e. The van der Waals surface area contributed by atoms with Crippen LogP contribution in [-0.2, 0) is 14.3 Å². The van der Waals surface area contributed by atoms with Crippen LogP contribution in [0.2, 0.25) is 0 Å². The molecule has 0 radical (unpaired) electrons. The van der Waals surface area contributed by atoms with Crippen LogP contribution < -0.4 is 0 Å². The van der Waals surface area contributed by atoms with E-state index in [9.17, 15) is 9.59 Å². The van der Waals surface area contributed by atoms with E-state index in [1.807, 2.05) is 6.92 Å². The van der Waals surface area contributed by atoms with Crippen LogP contribution in [0, 0.1) is 5.92 Å².